The summed E-state index contributed by atoms with van der Waals surface area (Å²) in [6, 6.07) is 0. The van der Waals surface area contributed by atoms with Gasteiger partial charge in [-0.15, -0.1) is 0 Å². The summed E-state index contributed by atoms with van der Waals surface area (Å²) >= 11 is 0. The van der Waals surface area contributed by atoms with E-state index in [9.17, 15) is 9.59 Å². The molecule has 0 bridgehead atoms. The van der Waals surface area contributed by atoms with Gasteiger partial charge in [-0.2, -0.15) is 0 Å². The lowest BCUT2D eigenvalue weighted by atomic mass is 10.1. The van der Waals surface area contributed by atoms with Crippen molar-refractivity contribution < 1.29 is 9.59 Å². The molecule has 0 aliphatic rings. The molecule has 0 amide bonds. The van der Waals surface area contributed by atoms with Crippen molar-refractivity contribution in [2.75, 3.05) is 0 Å². The van der Waals surface area contributed by atoms with Crippen LogP contribution in [0, 0.1) is 0 Å². The SMILES string of the molecule is CCCCCCC=CCCCC(=O)C[C]=O. The first kappa shape index (κ1) is 15.1. The van der Waals surface area contributed by atoms with Crippen molar-refractivity contribution >= 4 is 12.1 Å². The van der Waals surface area contributed by atoms with Crippen molar-refractivity contribution in [2.24, 2.45) is 0 Å². The van der Waals surface area contributed by atoms with Gasteiger partial charge in [-0.3, -0.25) is 9.59 Å². The topological polar surface area (TPSA) is 34.1 Å². The standard InChI is InChI=1S/C14H23O2/c1-2-3-4-5-6-7-8-9-10-11-14(16)12-13-15/h7-8H,2-6,9-12H2,1H3. The van der Waals surface area contributed by atoms with Crippen LogP contribution in [-0.4, -0.2) is 12.1 Å². The molecule has 0 aliphatic carbocycles. The number of hydrogen-bond donors (Lipinski definition) is 0. The molecule has 0 aromatic rings. The summed E-state index contributed by atoms with van der Waals surface area (Å²) in [7, 11) is 0. The lowest BCUT2D eigenvalue weighted by molar-refractivity contribution is -0.118. The lowest BCUT2D eigenvalue weighted by Crippen LogP contribution is -1.97. The molecule has 0 rings (SSSR count). The zero-order valence-corrected chi connectivity index (χ0v) is 10.3. The average molecular weight is 223 g/mol. The highest BCUT2D eigenvalue weighted by molar-refractivity contribution is 5.89. The molecule has 0 aromatic carbocycles. The van der Waals surface area contributed by atoms with E-state index in [2.05, 4.69) is 19.1 Å². The Balaban J connectivity index is 3.21. The minimum Gasteiger partial charge on any atom is -0.299 e. The summed E-state index contributed by atoms with van der Waals surface area (Å²) in [4.78, 5) is 20.9. The molecule has 1 radical (unpaired) electrons. The van der Waals surface area contributed by atoms with Crippen LogP contribution in [0.2, 0.25) is 0 Å². The summed E-state index contributed by atoms with van der Waals surface area (Å²) in [6.07, 6.45) is 14.6. The minimum atomic E-state index is -0.0409. The van der Waals surface area contributed by atoms with Gasteiger partial charge >= 0.3 is 0 Å². The zero-order valence-electron chi connectivity index (χ0n) is 10.3. The van der Waals surface area contributed by atoms with Crippen molar-refractivity contribution in [2.45, 2.75) is 64.7 Å². The third kappa shape index (κ3) is 11.2. The molecule has 0 aliphatic heterocycles. The molecule has 0 saturated carbocycles. The fourth-order valence-corrected chi connectivity index (χ4v) is 1.51. The summed E-state index contributed by atoms with van der Waals surface area (Å²) in [5.41, 5.74) is 0. The second-order valence-corrected chi connectivity index (χ2v) is 4.07. The number of ketones is 1. The van der Waals surface area contributed by atoms with E-state index < -0.39 is 0 Å². The van der Waals surface area contributed by atoms with E-state index >= 15 is 0 Å². The first-order valence-electron chi connectivity index (χ1n) is 6.33. The Labute approximate surface area is 99.1 Å². The van der Waals surface area contributed by atoms with Crippen molar-refractivity contribution in [3.05, 3.63) is 12.2 Å². The Hall–Kier alpha value is -0.920. The molecule has 16 heavy (non-hydrogen) atoms. The van der Waals surface area contributed by atoms with Crippen LogP contribution in [0.15, 0.2) is 12.2 Å². The number of carbonyl (C=O) groups excluding carboxylic acids is 2. The van der Waals surface area contributed by atoms with E-state index in [1.807, 2.05) is 0 Å². The number of unbranched alkanes of at least 4 members (excludes halogenated alkanes) is 5. The van der Waals surface area contributed by atoms with Crippen molar-refractivity contribution in [1.29, 1.82) is 0 Å². The summed E-state index contributed by atoms with van der Waals surface area (Å²) in [5, 5.41) is 0. The third-order valence-electron chi connectivity index (χ3n) is 2.49. The molecule has 0 N–H and O–H groups in total. The van der Waals surface area contributed by atoms with Crippen LogP contribution in [0.1, 0.15) is 64.7 Å². The highest BCUT2D eigenvalue weighted by atomic mass is 16.1. The van der Waals surface area contributed by atoms with Crippen LogP contribution >= 0.6 is 0 Å². The number of rotatable bonds is 11. The van der Waals surface area contributed by atoms with Gasteiger partial charge in [-0.1, -0.05) is 38.3 Å². The Morgan fingerprint density at radius 1 is 1.06 bits per heavy atom. The fourth-order valence-electron chi connectivity index (χ4n) is 1.51. The zero-order chi connectivity index (χ0) is 12.1. The number of carbonyl (C=O) groups is 1. The van der Waals surface area contributed by atoms with E-state index in [0.29, 0.717) is 6.42 Å². The van der Waals surface area contributed by atoms with Crippen LogP contribution in [0.3, 0.4) is 0 Å². The molecule has 0 atom stereocenters. The fraction of sp³-hybridized carbons (Fsp3) is 0.714. The predicted molar refractivity (Wildman–Crippen MR) is 67.1 cm³/mol. The molecule has 91 valence electrons. The van der Waals surface area contributed by atoms with Gasteiger partial charge in [0.1, 0.15) is 5.78 Å². The first-order valence-corrected chi connectivity index (χ1v) is 6.33. The Morgan fingerprint density at radius 2 is 1.75 bits per heavy atom. The van der Waals surface area contributed by atoms with E-state index in [1.165, 1.54) is 25.7 Å². The molecular weight excluding hydrogens is 200 g/mol. The van der Waals surface area contributed by atoms with Gasteiger partial charge < -0.3 is 0 Å². The summed E-state index contributed by atoms with van der Waals surface area (Å²) < 4.78 is 0. The van der Waals surface area contributed by atoms with Crippen LogP contribution < -0.4 is 0 Å². The molecule has 2 nitrogen and oxygen atoms in total. The molecule has 0 saturated heterocycles. The van der Waals surface area contributed by atoms with Crippen molar-refractivity contribution in [1.82, 2.24) is 0 Å². The molecule has 0 spiro atoms. The first-order chi connectivity index (χ1) is 7.81. The van der Waals surface area contributed by atoms with E-state index in [1.54, 1.807) is 6.29 Å². The molecule has 0 aromatic heterocycles. The van der Waals surface area contributed by atoms with Gasteiger partial charge in [0, 0.05) is 6.42 Å². The van der Waals surface area contributed by atoms with E-state index in [4.69, 9.17) is 0 Å². The van der Waals surface area contributed by atoms with Crippen LogP contribution in [0.25, 0.3) is 0 Å². The second kappa shape index (κ2) is 12.2. The maximum Gasteiger partial charge on any atom is 0.206 e. The van der Waals surface area contributed by atoms with Crippen LogP contribution in [-0.2, 0) is 9.59 Å². The van der Waals surface area contributed by atoms with Gasteiger partial charge in [0.2, 0.25) is 6.29 Å². The van der Waals surface area contributed by atoms with Gasteiger partial charge in [0.05, 0.1) is 6.42 Å². The quantitative estimate of drug-likeness (QED) is 0.304. The van der Waals surface area contributed by atoms with E-state index in [-0.39, 0.29) is 12.2 Å². The van der Waals surface area contributed by atoms with Gasteiger partial charge in [-0.05, 0) is 25.7 Å². The predicted octanol–water partition coefficient (Wildman–Crippen LogP) is 3.75. The maximum atomic E-state index is 11.0. The van der Waals surface area contributed by atoms with Crippen molar-refractivity contribution in [3.63, 3.8) is 0 Å². The summed E-state index contributed by atoms with van der Waals surface area (Å²) in [6.45, 7) is 2.21. The number of allylic oxidation sites excluding steroid dienone is 2. The highest BCUT2D eigenvalue weighted by Crippen LogP contribution is 2.04. The number of hydrogen-bond acceptors (Lipinski definition) is 2. The molecular formula is C14H23O2. The highest BCUT2D eigenvalue weighted by Gasteiger charge is 1.98. The normalized spacial score (nSPS) is 10.8. The summed E-state index contributed by atoms with van der Waals surface area (Å²) in [5.74, 6) is 0.00588. The van der Waals surface area contributed by atoms with Gasteiger partial charge in [-0.25, -0.2) is 0 Å². The second-order valence-electron chi connectivity index (χ2n) is 4.07. The lowest BCUT2D eigenvalue weighted by Gasteiger charge is -1.95. The van der Waals surface area contributed by atoms with Crippen LogP contribution in [0.5, 0.6) is 0 Å². The minimum absolute atomic E-state index is 0.00588. The maximum absolute atomic E-state index is 11.0. The van der Waals surface area contributed by atoms with Crippen molar-refractivity contribution in [3.8, 4) is 0 Å². The Bertz CT molecular complexity index is 207. The van der Waals surface area contributed by atoms with Gasteiger partial charge in [0.25, 0.3) is 0 Å². The molecule has 0 fully saturated rings. The molecule has 2 heteroatoms. The molecule has 0 heterocycles. The largest absolute Gasteiger partial charge is 0.299 e. The van der Waals surface area contributed by atoms with Crippen LogP contribution in [0.4, 0.5) is 0 Å². The average Bonchev–Trinajstić information content (AvgIpc) is 2.27. The smallest absolute Gasteiger partial charge is 0.206 e. The van der Waals surface area contributed by atoms with Gasteiger partial charge in [0.15, 0.2) is 0 Å². The molecule has 0 unspecified atom stereocenters. The van der Waals surface area contributed by atoms with E-state index in [0.717, 1.165) is 19.3 Å². The Kier molecular flexibility index (Phi) is 11.5. The number of Topliss-reactive ketones (excluding diaryl/α,β-unsaturated/α-hetero) is 1. The Morgan fingerprint density at radius 3 is 2.38 bits per heavy atom. The monoisotopic (exact) mass is 223 g/mol. The third-order valence-corrected chi connectivity index (χ3v) is 2.49.